The van der Waals surface area contributed by atoms with Crippen molar-refractivity contribution in [3.05, 3.63) is 28.2 Å². The Hall–Kier alpha value is -0.210. The van der Waals surface area contributed by atoms with Crippen LogP contribution in [0.4, 0.5) is 0 Å². The first-order chi connectivity index (χ1) is 9.44. The molecule has 112 valence electrons. The zero-order chi connectivity index (χ0) is 14.9. The minimum atomic E-state index is 0.142. The second-order valence-corrected chi connectivity index (χ2v) is 7.53. The zero-order valence-electron chi connectivity index (χ0n) is 12.7. The van der Waals surface area contributed by atoms with Crippen LogP contribution in [-0.2, 0) is 0 Å². The molecule has 2 atom stereocenters. The molecule has 20 heavy (non-hydrogen) atoms. The van der Waals surface area contributed by atoms with Crippen LogP contribution < -0.4 is 4.74 Å². The van der Waals surface area contributed by atoms with Crippen molar-refractivity contribution in [2.45, 2.75) is 64.4 Å². The van der Waals surface area contributed by atoms with Crippen LogP contribution in [0.15, 0.2) is 22.7 Å². The summed E-state index contributed by atoms with van der Waals surface area (Å²) in [5.41, 5.74) is 1.40. The summed E-state index contributed by atoms with van der Waals surface area (Å²) in [6.07, 6.45) is 3.36. The highest BCUT2D eigenvalue weighted by Crippen LogP contribution is 2.52. The largest absolute Gasteiger partial charge is 0.489 e. The first kappa shape index (κ1) is 16.2. The van der Waals surface area contributed by atoms with E-state index in [0.29, 0.717) is 5.92 Å². The highest BCUT2D eigenvalue weighted by molar-refractivity contribution is 9.10. The maximum absolute atomic E-state index is 6.47. The molecule has 0 aliphatic heterocycles. The Morgan fingerprint density at radius 1 is 1.35 bits per heavy atom. The average Bonchev–Trinajstić information content (AvgIpc) is 2.41. The van der Waals surface area contributed by atoms with Crippen LogP contribution in [-0.4, -0.2) is 11.5 Å². The molecule has 2 unspecified atom stereocenters. The lowest BCUT2D eigenvalue weighted by Gasteiger charge is -2.52. The fraction of sp³-hybridized carbons (Fsp3) is 0.647. The second-order valence-electron chi connectivity index (χ2n) is 6.09. The number of alkyl halides is 1. The first-order valence-electron chi connectivity index (χ1n) is 7.54. The van der Waals surface area contributed by atoms with E-state index in [4.69, 9.17) is 16.3 Å². The van der Waals surface area contributed by atoms with Gasteiger partial charge in [-0.1, -0.05) is 43.6 Å². The molecule has 2 rings (SSSR count). The molecule has 0 heterocycles. The molecule has 0 aromatic heterocycles. The molecule has 1 aromatic rings. The number of ether oxygens (including phenoxy) is 1. The Morgan fingerprint density at radius 3 is 2.50 bits per heavy atom. The van der Waals surface area contributed by atoms with E-state index < -0.39 is 0 Å². The third-order valence-corrected chi connectivity index (χ3v) is 5.97. The van der Waals surface area contributed by atoms with Gasteiger partial charge in [0, 0.05) is 21.7 Å². The molecule has 0 radical (unpaired) electrons. The third-order valence-electron chi connectivity index (χ3n) is 4.87. The van der Waals surface area contributed by atoms with Gasteiger partial charge in [0.2, 0.25) is 0 Å². The minimum Gasteiger partial charge on any atom is -0.489 e. The molecule has 1 aliphatic rings. The van der Waals surface area contributed by atoms with Gasteiger partial charge in [-0.25, -0.2) is 0 Å². The van der Waals surface area contributed by atoms with Crippen molar-refractivity contribution in [2.24, 2.45) is 5.41 Å². The molecule has 1 aromatic carbocycles. The summed E-state index contributed by atoms with van der Waals surface area (Å²) in [4.78, 5) is 0. The van der Waals surface area contributed by atoms with Crippen molar-refractivity contribution in [1.82, 2.24) is 0 Å². The van der Waals surface area contributed by atoms with Crippen LogP contribution in [0.2, 0.25) is 0 Å². The molecule has 0 bridgehead atoms. The Balaban J connectivity index is 2.23. The highest BCUT2D eigenvalue weighted by Gasteiger charge is 2.53. The van der Waals surface area contributed by atoms with Gasteiger partial charge in [-0.15, -0.1) is 11.6 Å². The van der Waals surface area contributed by atoms with E-state index in [9.17, 15) is 0 Å². The lowest BCUT2D eigenvalue weighted by atomic mass is 9.62. The molecule has 0 saturated heterocycles. The summed E-state index contributed by atoms with van der Waals surface area (Å²) in [5.74, 6) is 1.47. The quantitative estimate of drug-likeness (QED) is 0.574. The summed E-state index contributed by atoms with van der Waals surface area (Å²) in [7, 11) is 0. The predicted octanol–water partition coefficient (Wildman–Crippen LogP) is 6.14. The average molecular weight is 360 g/mol. The van der Waals surface area contributed by atoms with Gasteiger partial charge in [0.15, 0.2) is 0 Å². The fourth-order valence-electron chi connectivity index (χ4n) is 3.24. The van der Waals surface area contributed by atoms with E-state index in [-0.39, 0.29) is 16.9 Å². The lowest BCUT2D eigenvalue weighted by Crippen LogP contribution is -2.56. The highest BCUT2D eigenvalue weighted by atomic mass is 79.9. The van der Waals surface area contributed by atoms with Gasteiger partial charge in [-0.2, -0.15) is 0 Å². The Kier molecular flexibility index (Phi) is 5.07. The molecule has 1 saturated carbocycles. The van der Waals surface area contributed by atoms with E-state index in [0.717, 1.165) is 29.5 Å². The van der Waals surface area contributed by atoms with Gasteiger partial charge in [0.05, 0.1) is 0 Å². The van der Waals surface area contributed by atoms with Gasteiger partial charge in [-0.05, 0) is 42.5 Å². The maximum atomic E-state index is 6.47. The van der Waals surface area contributed by atoms with E-state index in [1.165, 1.54) is 5.56 Å². The smallest absolute Gasteiger partial charge is 0.123 e. The third kappa shape index (κ3) is 2.74. The first-order valence-corrected chi connectivity index (χ1v) is 8.77. The van der Waals surface area contributed by atoms with Gasteiger partial charge in [0.25, 0.3) is 0 Å². The Bertz CT molecular complexity index is 468. The van der Waals surface area contributed by atoms with Crippen LogP contribution in [0.3, 0.4) is 0 Å². The van der Waals surface area contributed by atoms with E-state index >= 15 is 0 Å². The zero-order valence-corrected chi connectivity index (χ0v) is 15.1. The van der Waals surface area contributed by atoms with Crippen LogP contribution >= 0.6 is 27.5 Å². The van der Waals surface area contributed by atoms with Crippen molar-refractivity contribution in [1.29, 1.82) is 0 Å². The summed E-state index contributed by atoms with van der Waals surface area (Å²) in [6.45, 7) is 8.85. The number of hydrogen-bond acceptors (Lipinski definition) is 1. The molecule has 1 nitrogen and oxygen atoms in total. The molecule has 0 amide bonds. The molecule has 1 fully saturated rings. The standard InChI is InChI=1S/C17H24BrClO/c1-5-17(6-2)15(19)10-16(17)20-14-8-7-12(18)9-13(14)11(3)4/h7-9,11,15-16H,5-6,10H2,1-4H3. The normalized spacial score (nSPS) is 24.6. The van der Waals surface area contributed by atoms with Crippen molar-refractivity contribution in [3.8, 4) is 5.75 Å². The van der Waals surface area contributed by atoms with Crippen molar-refractivity contribution >= 4 is 27.5 Å². The molecule has 3 heteroatoms. The van der Waals surface area contributed by atoms with Gasteiger partial charge < -0.3 is 4.74 Å². The van der Waals surface area contributed by atoms with E-state index in [1.807, 2.05) is 0 Å². The maximum Gasteiger partial charge on any atom is 0.123 e. The van der Waals surface area contributed by atoms with Gasteiger partial charge in [-0.3, -0.25) is 0 Å². The Morgan fingerprint density at radius 2 is 2.00 bits per heavy atom. The molecule has 0 spiro atoms. The van der Waals surface area contributed by atoms with Crippen LogP contribution in [0.5, 0.6) is 5.75 Å². The van der Waals surface area contributed by atoms with Crippen LogP contribution in [0.25, 0.3) is 0 Å². The fourth-order valence-corrected chi connectivity index (χ4v) is 4.23. The van der Waals surface area contributed by atoms with E-state index in [1.54, 1.807) is 0 Å². The number of benzene rings is 1. The van der Waals surface area contributed by atoms with E-state index in [2.05, 4.69) is 61.8 Å². The van der Waals surface area contributed by atoms with Crippen molar-refractivity contribution in [2.75, 3.05) is 0 Å². The summed E-state index contributed by atoms with van der Waals surface area (Å²) in [5, 5.41) is 0.250. The van der Waals surface area contributed by atoms with Gasteiger partial charge in [0.1, 0.15) is 11.9 Å². The topological polar surface area (TPSA) is 9.23 Å². The number of halogens is 2. The number of rotatable bonds is 5. The summed E-state index contributed by atoms with van der Waals surface area (Å²) >= 11 is 10.0. The molecule has 0 N–H and O–H groups in total. The molecular formula is C17H24BrClO. The minimum absolute atomic E-state index is 0.142. The SMILES string of the molecule is CCC1(CC)C(Cl)CC1Oc1ccc(Br)cc1C(C)C. The summed E-state index contributed by atoms with van der Waals surface area (Å²) in [6, 6.07) is 6.30. The predicted molar refractivity (Wildman–Crippen MR) is 89.9 cm³/mol. The van der Waals surface area contributed by atoms with Gasteiger partial charge >= 0.3 is 0 Å². The van der Waals surface area contributed by atoms with Crippen molar-refractivity contribution < 1.29 is 4.74 Å². The van der Waals surface area contributed by atoms with Crippen LogP contribution in [0, 0.1) is 5.41 Å². The molecular weight excluding hydrogens is 336 g/mol. The Labute approximate surface area is 136 Å². The lowest BCUT2D eigenvalue weighted by molar-refractivity contribution is -0.0467. The molecule has 1 aliphatic carbocycles. The van der Waals surface area contributed by atoms with Crippen LogP contribution in [0.1, 0.15) is 58.4 Å². The monoisotopic (exact) mass is 358 g/mol. The number of hydrogen-bond donors (Lipinski definition) is 0. The van der Waals surface area contributed by atoms with Crippen molar-refractivity contribution in [3.63, 3.8) is 0 Å². The summed E-state index contributed by atoms with van der Waals surface area (Å²) < 4.78 is 7.47. The second kappa shape index (κ2) is 6.27.